The zero-order valence-electron chi connectivity index (χ0n) is 18.5. The Hall–Kier alpha value is -3.14. The van der Waals surface area contributed by atoms with Gasteiger partial charge in [0.15, 0.2) is 17.7 Å². The van der Waals surface area contributed by atoms with E-state index < -0.39 is 6.23 Å². The van der Waals surface area contributed by atoms with Crippen LogP contribution in [-0.2, 0) is 11.2 Å². The molecule has 0 saturated carbocycles. The van der Waals surface area contributed by atoms with Crippen molar-refractivity contribution >= 4 is 5.69 Å². The van der Waals surface area contributed by atoms with Crippen LogP contribution in [0.25, 0.3) is 0 Å². The van der Waals surface area contributed by atoms with Crippen LogP contribution in [0, 0.1) is 0 Å². The van der Waals surface area contributed by atoms with Crippen LogP contribution in [0.2, 0.25) is 0 Å². The molecular weight excluding hydrogens is 418 g/mol. The molecule has 0 amide bonds. The highest BCUT2D eigenvalue weighted by molar-refractivity contribution is 5.65. The molecule has 0 aliphatic carbocycles. The largest absolute Gasteiger partial charge is 0.493 e. The summed E-state index contributed by atoms with van der Waals surface area (Å²) in [7, 11) is 4.71. The van der Waals surface area contributed by atoms with E-state index in [1.807, 2.05) is 11.0 Å². The van der Waals surface area contributed by atoms with E-state index in [0.29, 0.717) is 48.3 Å². The molecule has 10 heteroatoms. The lowest BCUT2D eigenvalue weighted by Gasteiger charge is -2.36. The minimum Gasteiger partial charge on any atom is -0.493 e. The second kappa shape index (κ2) is 8.42. The quantitative estimate of drug-likeness (QED) is 0.701. The van der Waals surface area contributed by atoms with Crippen molar-refractivity contribution in [2.75, 3.05) is 46.0 Å². The number of anilines is 1. The Morgan fingerprint density at radius 3 is 2.62 bits per heavy atom. The number of benzene rings is 1. The summed E-state index contributed by atoms with van der Waals surface area (Å²) in [5.74, 6) is 2.37. The Kier molecular flexibility index (Phi) is 5.46. The van der Waals surface area contributed by atoms with Gasteiger partial charge in [0.25, 0.3) is 0 Å². The van der Waals surface area contributed by atoms with Crippen LogP contribution >= 0.6 is 0 Å². The van der Waals surface area contributed by atoms with E-state index in [9.17, 15) is 4.79 Å². The van der Waals surface area contributed by atoms with Crippen LogP contribution in [0.5, 0.6) is 28.7 Å². The molecule has 1 saturated heterocycles. The maximum Gasteiger partial charge on any atom is 0.313 e. The van der Waals surface area contributed by atoms with E-state index in [4.69, 9.17) is 28.4 Å². The molecule has 2 unspecified atom stereocenters. The smallest absolute Gasteiger partial charge is 0.313 e. The van der Waals surface area contributed by atoms with Gasteiger partial charge in [0, 0.05) is 18.7 Å². The number of nitrogens with zero attached hydrogens (tertiary/aromatic N) is 3. The zero-order valence-corrected chi connectivity index (χ0v) is 18.5. The van der Waals surface area contributed by atoms with Crippen LogP contribution in [0.1, 0.15) is 31.1 Å². The predicted octanol–water partition coefficient (Wildman–Crippen LogP) is 2.13. The molecule has 10 nitrogen and oxygen atoms in total. The minimum absolute atomic E-state index is 0.189. The van der Waals surface area contributed by atoms with E-state index in [-0.39, 0.29) is 24.1 Å². The fourth-order valence-corrected chi connectivity index (χ4v) is 4.54. The molecule has 0 bridgehead atoms. The van der Waals surface area contributed by atoms with Gasteiger partial charge in [-0.2, -0.15) is 9.78 Å². The summed E-state index contributed by atoms with van der Waals surface area (Å²) in [5.41, 5.74) is 1.26. The Bertz CT molecular complexity index is 1060. The van der Waals surface area contributed by atoms with Gasteiger partial charge in [-0.05, 0) is 31.7 Å². The molecule has 1 fully saturated rings. The molecule has 3 aliphatic heterocycles. The van der Waals surface area contributed by atoms with Crippen LogP contribution in [-0.4, -0.2) is 57.1 Å². The van der Waals surface area contributed by atoms with Crippen molar-refractivity contribution in [1.29, 1.82) is 0 Å². The minimum atomic E-state index is -0.446. The first-order chi connectivity index (χ1) is 15.7. The molecule has 5 rings (SSSR count). The zero-order chi connectivity index (χ0) is 22.2. The third-order valence-corrected chi connectivity index (χ3v) is 6.13. The van der Waals surface area contributed by atoms with Crippen LogP contribution in [0.4, 0.5) is 5.69 Å². The second-order valence-electron chi connectivity index (χ2n) is 7.89. The van der Waals surface area contributed by atoms with Crippen LogP contribution < -0.4 is 34.1 Å². The molecule has 0 radical (unpaired) electrons. The van der Waals surface area contributed by atoms with Crippen molar-refractivity contribution in [3.63, 3.8) is 0 Å². The van der Waals surface area contributed by atoms with Gasteiger partial charge < -0.3 is 33.3 Å². The van der Waals surface area contributed by atoms with Gasteiger partial charge in [-0.3, -0.25) is 4.79 Å². The van der Waals surface area contributed by atoms with Crippen molar-refractivity contribution in [3.8, 4) is 28.7 Å². The number of rotatable bonds is 4. The van der Waals surface area contributed by atoms with E-state index in [2.05, 4.69) is 5.10 Å². The van der Waals surface area contributed by atoms with Crippen molar-refractivity contribution in [1.82, 2.24) is 9.78 Å². The summed E-state index contributed by atoms with van der Waals surface area (Å²) in [6.45, 7) is 1.43. The highest BCUT2D eigenvalue weighted by atomic mass is 16.6. The molecule has 4 heterocycles. The van der Waals surface area contributed by atoms with E-state index >= 15 is 0 Å². The summed E-state index contributed by atoms with van der Waals surface area (Å²) in [5, 5.41) is 4.41. The molecule has 0 spiro atoms. The molecule has 2 atom stereocenters. The number of aromatic nitrogens is 2. The number of hydrogen-bond acceptors (Lipinski definition) is 9. The third kappa shape index (κ3) is 3.29. The Morgan fingerprint density at radius 2 is 1.91 bits per heavy atom. The average Bonchev–Trinajstić information content (AvgIpc) is 3.02. The van der Waals surface area contributed by atoms with Gasteiger partial charge in [0.2, 0.25) is 23.5 Å². The van der Waals surface area contributed by atoms with Gasteiger partial charge in [-0.15, -0.1) is 0 Å². The molecule has 2 aromatic rings. The fourth-order valence-electron chi connectivity index (χ4n) is 4.54. The van der Waals surface area contributed by atoms with Crippen LogP contribution in [0.3, 0.4) is 0 Å². The average molecular weight is 445 g/mol. The first-order valence-corrected chi connectivity index (χ1v) is 10.8. The van der Waals surface area contributed by atoms with Gasteiger partial charge in [0.05, 0.1) is 27.5 Å². The SMILES string of the molecule is COc1cc2c(c(OC)c1OC)OC1COc3c(cnn(C4CCCCO4)c3=O)N1CC2. The lowest BCUT2D eigenvalue weighted by atomic mass is 10.1. The molecule has 32 heavy (non-hydrogen) atoms. The number of hydrogen-bond donors (Lipinski definition) is 0. The first kappa shape index (κ1) is 20.7. The Labute approximate surface area is 185 Å². The Morgan fingerprint density at radius 1 is 1.06 bits per heavy atom. The molecule has 172 valence electrons. The topological polar surface area (TPSA) is 93.5 Å². The molecular formula is C22H27N3O7. The summed E-state index contributed by atoms with van der Waals surface area (Å²) in [6.07, 6.45) is 4.29. The summed E-state index contributed by atoms with van der Waals surface area (Å²) in [4.78, 5) is 15.1. The van der Waals surface area contributed by atoms with Gasteiger partial charge in [0.1, 0.15) is 12.3 Å². The predicted molar refractivity (Wildman–Crippen MR) is 114 cm³/mol. The maximum absolute atomic E-state index is 13.1. The molecule has 1 aromatic heterocycles. The normalized spacial score (nSPS) is 21.8. The fraction of sp³-hybridized carbons (Fsp3) is 0.545. The maximum atomic E-state index is 13.1. The van der Waals surface area contributed by atoms with Crippen molar-refractivity contribution < 1.29 is 28.4 Å². The van der Waals surface area contributed by atoms with Gasteiger partial charge in [-0.25, -0.2) is 0 Å². The van der Waals surface area contributed by atoms with E-state index in [0.717, 1.165) is 24.8 Å². The van der Waals surface area contributed by atoms with E-state index in [1.54, 1.807) is 27.5 Å². The highest BCUT2D eigenvalue weighted by Gasteiger charge is 2.37. The molecule has 3 aliphatic rings. The van der Waals surface area contributed by atoms with Gasteiger partial charge >= 0.3 is 5.56 Å². The Balaban J connectivity index is 1.50. The third-order valence-electron chi connectivity index (χ3n) is 6.13. The number of methoxy groups -OCH3 is 3. The summed E-state index contributed by atoms with van der Waals surface area (Å²) < 4.78 is 36.0. The monoisotopic (exact) mass is 445 g/mol. The van der Waals surface area contributed by atoms with Gasteiger partial charge in [-0.1, -0.05) is 0 Å². The number of ether oxygens (including phenoxy) is 6. The standard InChI is InChI=1S/C22H27N3O7/c1-27-15-10-13-7-8-24-14-11-23-25(16-6-4-5-9-30-16)22(26)19(14)31-12-17(24)32-18(13)21(29-3)20(15)28-2/h10-11,16-17H,4-9,12H2,1-3H3. The lowest BCUT2D eigenvalue weighted by molar-refractivity contribution is -0.0432. The number of fused-ring (bicyclic) bond motifs is 4. The van der Waals surface area contributed by atoms with Crippen molar-refractivity contribution in [2.45, 2.75) is 38.1 Å². The van der Waals surface area contributed by atoms with Crippen LogP contribution in [0.15, 0.2) is 17.1 Å². The second-order valence-corrected chi connectivity index (χ2v) is 7.89. The highest BCUT2D eigenvalue weighted by Crippen LogP contribution is 2.49. The molecule has 0 N–H and O–H groups in total. The van der Waals surface area contributed by atoms with Crippen molar-refractivity contribution in [3.05, 3.63) is 28.2 Å². The van der Waals surface area contributed by atoms with Crippen molar-refractivity contribution in [2.24, 2.45) is 0 Å². The molecule has 1 aromatic carbocycles. The summed E-state index contributed by atoms with van der Waals surface area (Å²) >= 11 is 0. The lowest BCUT2D eigenvalue weighted by Crippen LogP contribution is -2.48. The summed E-state index contributed by atoms with van der Waals surface area (Å²) in [6, 6.07) is 1.90. The van der Waals surface area contributed by atoms with E-state index in [1.165, 1.54) is 4.68 Å². The first-order valence-electron chi connectivity index (χ1n) is 10.8.